The van der Waals surface area contributed by atoms with Crippen molar-refractivity contribution in [1.29, 1.82) is 0 Å². The van der Waals surface area contributed by atoms with Gasteiger partial charge in [0, 0.05) is 5.54 Å². The monoisotopic (exact) mass is 370 g/mol. The molecule has 3 aliphatic heterocycles. The minimum Gasteiger partial charge on any atom is -0.492 e. The standard InChI is InChI=1S/C21H26N2O2S/c1-2-12-25-16-5-3-4-15-13-17(26-18(15)16)20(24)22-19-14-6-10-23(11-7-14)21(19)8-9-21/h3-5,13-14,19H,2,6-12H2,1H3,(H,22,24)/t19-/m1/s1. The number of nitrogens with zero attached hydrogens (tertiary/aromatic N) is 1. The first-order valence-corrected chi connectivity index (χ1v) is 10.7. The van der Waals surface area contributed by atoms with Crippen LogP contribution in [0.25, 0.3) is 10.1 Å². The molecular formula is C21H26N2O2S. The lowest BCUT2D eigenvalue weighted by atomic mass is 9.77. The van der Waals surface area contributed by atoms with Crippen molar-refractivity contribution in [2.24, 2.45) is 5.92 Å². The molecule has 2 aromatic rings. The van der Waals surface area contributed by atoms with E-state index in [0.717, 1.165) is 27.1 Å². The number of nitrogens with one attached hydrogen (secondary N) is 1. The second-order valence-electron chi connectivity index (χ2n) is 8.01. The molecule has 5 heteroatoms. The Hall–Kier alpha value is -1.59. The second-order valence-corrected chi connectivity index (χ2v) is 9.06. The fourth-order valence-electron chi connectivity index (χ4n) is 5.01. The largest absolute Gasteiger partial charge is 0.492 e. The van der Waals surface area contributed by atoms with E-state index in [2.05, 4.69) is 23.2 Å². The Labute approximate surface area is 158 Å². The van der Waals surface area contributed by atoms with Crippen molar-refractivity contribution in [2.45, 2.75) is 50.6 Å². The zero-order valence-corrected chi connectivity index (χ0v) is 16.1. The third kappa shape index (κ3) is 2.55. The smallest absolute Gasteiger partial charge is 0.261 e. The van der Waals surface area contributed by atoms with Crippen LogP contribution in [0.15, 0.2) is 24.3 Å². The Morgan fingerprint density at radius 3 is 2.88 bits per heavy atom. The molecule has 1 atom stereocenters. The van der Waals surface area contributed by atoms with E-state index in [1.165, 1.54) is 38.8 Å². The van der Waals surface area contributed by atoms with Crippen molar-refractivity contribution in [1.82, 2.24) is 10.2 Å². The SMILES string of the molecule is CCCOc1cccc2cc(C(=O)N[C@@H]3C4CCN(CC4)C34CC4)sc12. The van der Waals surface area contributed by atoms with E-state index >= 15 is 0 Å². The zero-order valence-electron chi connectivity index (χ0n) is 15.3. The van der Waals surface area contributed by atoms with E-state index in [0.29, 0.717) is 18.6 Å². The minimum atomic E-state index is 0.0951. The van der Waals surface area contributed by atoms with Crippen LogP contribution in [0.3, 0.4) is 0 Å². The van der Waals surface area contributed by atoms with Crippen LogP contribution in [-0.4, -0.2) is 42.1 Å². The second kappa shape index (κ2) is 6.24. The van der Waals surface area contributed by atoms with Gasteiger partial charge in [-0.3, -0.25) is 9.69 Å². The summed E-state index contributed by atoms with van der Waals surface area (Å²) in [6.07, 6.45) is 5.94. The summed E-state index contributed by atoms with van der Waals surface area (Å²) < 4.78 is 6.95. The summed E-state index contributed by atoms with van der Waals surface area (Å²) >= 11 is 1.56. The van der Waals surface area contributed by atoms with Crippen LogP contribution < -0.4 is 10.1 Å². The van der Waals surface area contributed by atoms with Gasteiger partial charge in [-0.25, -0.2) is 0 Å². The lowest BCUT2D eigenvalue weighted by Crippen LogP contribution is -2.65. The molecule has 4 aliphatic rings. The van der Waals surface area contributed by atoms with Gasteiger partial charge in [-0.2, -0.15) is 0 Å². The number of thiophene rings is 1. The number of carbonyl (C=O) groups excluding carboxylic acids is 1. The number of benzene rings is 1. The van der Waals surface area contributed by atoms with Crippen molar-refractivity contribution in [2.75, 3.05) is 19.7 Å². The first-order chi connectivity index (χ1) is 12.7. The lowest BCUT2D eigenvalue weighted by Gasteiger charge is -2.52. The van der Waals surface area contributed by atoms with E-state index in [9.17, 15) is 4.79 Å². The number of hydrogen-bond acceptors (Lipinski definition) is 4. The van der Waals surface area contributed by atoms with Crippen molar-refractivity contribution in [3.8, 4) is 5.75 Å². The molecular weight excluding hydrogens is 344 g/mol. The molecule has 1 spiro atoms. The van der Waals surface area contributed by atoms with E-state index in [-0.39, 0.29) is 11.4 Å². The molecule has 4 nitrogen and oxygen atoms in total. The van der Waals surface area contributed by atoms with Gasteiger partial charge in [0.1, 0.15) is 5.75 Å². The molecule has 3 saturated heterocycles. The van der Waals surface area contributed by atoms with Crippen LogP contribution in [0.1, 0.15) is 48.7 Å². The fourth-order valence-corrected chi connectivity index (χ4v) is 6.04. The first kappa shape index (κ1) is 16.6. The predicted octanol–water partition coefficient (Wildman–Crippen LogP) is 4.05. The predicted molar refractivity (Wildman–Crippen MR) is 105 cm³/mol. The minimum absolute atomic E-state index is 0.0951. The van der Waals surface area contributed by atoms with Gasteiger partial charge in [-0.1, -0.05) is 19.1 Å². The maximum absolute atomic E-state index is 13.0. The summed E-state index contributed by atoms with van der Waals surface area (Å²) in [6.45, 7) is 5.26. The third-order valence-corrected chi connectivity index (χ3v) is 7.63. The number of piperidine rings is 3. The molecule has 26 heavy (non-hydrogen) atoms. The highest BCUT2D eigenvalue weighted by molar-refractivity contribution is 7.21. The highest BCUT2D eigenvalue weighted by Crippen LogP contribution is 2.53. The van der Waals surface area contributed by atoms with Crippen molar-refractivity contribution in [3.63, 3.8) is 0 Å². The van der Waals surface area contributed by atoms with Gasteiger partial charge < -0.3 is 10.1 Å². The molecule has 6 rings (SSSR count). The van der Waals surface area contributed by atoms with E-state index in [4.69, 9.17) is 4.74 Å². The van der Waals surface area contributed by atoms with Crippen molar-refractivity contribution < 1.29 is 9.53 Å². The maximum atomic E-state index is 13.0. The first-order valence-electron chi connectivity index (χ1n) is 9.92. The number of ether oxygens (including phenoxy) is 1. The Bertz CT molecular complexity index is 834. The summed E-state index contributed by atoms with van der Waals surface area (Å²) in [5.41, 5.74) is 0.281. The van der Waals surface area contributed by atoms with Crippen LogP contribution >= 0.6 is 11.3 Å². The van der Waals surface area contributed by atoms with Crippen molar-refractivity contribution >= 4 is 27.3 Å². The fraction of sp³-hybridized carbons (Fsp3) is 0.571. The molecule has 0 radical (unpaired) electrons. The third-order valence-electron chi connectivity index (χ3n) is 6.46. The van der Waals surface area contributed by atoms with Crippen LogP contribution in [0.5, 0.6) is 5.75 Å². The van der Waals surface area contributed by atoms with E-state index in [1.54, 1.807) is 11.3 Å². The average Bonchev–Trinajstić information content (AvgIpc) is 3.31. The molecule has 4 heterocycles. The highest BCUT2D eigenvalue weighted by Gasteiger charge is 2.60. The number of amides is 1. The Morgan fingerprint density at radius 2 is 2.15 bits per heavy atom. The molecule has 138 valence electrons. The van der Waals surface area contributed by atoms with Crippen LogP contribution in [0.4, 0.5) is 0 Å². The van der Waals surface area contributed by atoms with Gasteiger partial charge in [0.05, 0.1) is 22.2 Å². The van der Waals surface area contributed by atoms with Gasteiger partial charge in [0.2, 0.25) is 0 Å². The maximum Gasteiger partial charge on any atom is 0.261 e. The number of carbonyl (C=O) groups is 1. The van der Waals surface area contributed by atoms with Gasteiger partial charge in [0.25, 0.3) is 5.91 Å². The van der Waals surface area contributed by atoms with Gasteiger partial charge in [0.15, 0.2) is 0 Å². The van der Waals surface area contributed by atoms with E-state index < -0.39 is 0 Å². The number of fused-ring (bicyclic) bond motifs is 3. The molecule has 1 aromatic heterocycles. The number of hydrogen-bond donors (Lipinski definition) is 1. The Kier molecular flexibility index (Phi) is 3.98. The topological polar surface area (TPSA) is 41.6 Å². The van der Waals surface area contributed by atoms with Gasteiger partial charge >= 0.3 is 0 Å². The molecule has 1 aliphatic carbocycles. The van der Waals surface area contributed by atoms with Crippen LogP contribution in [0.2, 0.25) is 0 Å². The highest BCUT2D eigenvalue weighted by atomic mass is 32.1. The molecule has 4 fully saturated rings. The lowest BCUT2D eigenvalue weighted by molar-refractivity contribution is -0.00138. The van der Waals surface area contributed by atoms with Crippen LogP contribution in [-0.2, 0) is 0 Å². The normalized spacial score (nSPS) is 28.4. The van der Waals surface area contributed by atoms with Crippen LogP contribution in [0, 0.1) is 5.92 Å². The van der Waals surface area contributed by atoms with Gasteiger partial charge in [-0.05, 0) is 68.6 Å². The summed E-state index contributed by atoms with van der Waals surface area (Å²) in [6, 6.07) is 8.43. The quantitative estimate of drug-likeness (QED) is 0.863. The molecule has 1 aromatic carbocycles. The molecule has 1 amide bonds. The zero-order chi connectivity index (χ0) is 17.7. The Balaban J connectivity index is 1.39. The molecule has 1 N–H and O–H groups in total. The molecule has 0 unspecified atom stereocenters. The van der Waals surface area contributed by atoms with Gasteiger partial charge in [-0.15, -0.1) is 11.3 Å². The summed E-state index contributed by atoms with van der Waals surface area (Å²) in [5, 5.41) is 4.53. The Morgan fingerprint density at radius 1 is 1.35 bits per heavy atom. The molecule has 1 saturated carbocycles. The molecule has 2 bridgehead atoms. The average molecular weight is 371 g/mol. The summed E-state index contributed by atoms with van der Waals surface area (Å²) in [7, 11) is 0. The summed E-state index contributed by atoms with van der Waals surface area (Å²) in [5.74, 6) is 1.65. The summed E-state index contributed by atoms with van der Waals surface area (Å²) in [4.78, 5) is 16.5. The number of rotatable bonds is 5. The van der Waals surface area contributed by atoms with Crippen molar-refractivity contribution in [3.05, 3.63) is 29.1 Å². The van der Waals surface area contributed by atoms with E-state index in [1.807, 2.05) is 18.2 Å².